The van der Waals surface area contributed by atoms with Crippen LogP contribution in [0, 0.1) is 0 Å². The minimum atomic E-state index is 0.619. The summed E-state index contributed by atoms with van der Waals surface area (Å²) < 4.78 is 14.9. The van der Waals surface area contributed by atoms with Gasteiger partial charge < -0.3 is 24.6 Å². The van der Waals surface area contributed by atoms with E-state index in [0.717, 1.165) is 83.6 Å². The topological polar surface area (TPSA) is 97.3 Å². The molecule has 8 rings (SSSR count). The molecule has 0 unspecified atom stereocenters. The van der Waals surface area contributed by atoms with E-state index in [2.05, 4.69) is 60.9 Å². The average Bonchev–Trinajstić information content (AvgIpc) is 3.76. The van der Waals surface area contributed by atoms with E-state index in [1.807, 2.05) is 46.2 Å². The molecule has 0 radical (unpaired) electrons. The Morgan fingerprint density at radius 1 is 0.608 bits per heavy atom. The van der Waals surface area contributed by atoms with E-state index in [0.29, 0.717) is 53.1 Å². The van der Waals surface area contributed by atoms with Crippen molar-refractivity contribution in [2.24, 2.45) is 0 Å². The average molecular weight is 770 g/mol. The number of halogens is 4. The number of morpholine rings is 2. The largest absolute Gasteiger partial charge is 0.378 e. The van der Waals surface area contributed by atoms with E-state index >= 15 is 0 Å². The fourth-order valence-corrected chi connectivity index (χ4v) is 7.43. The Hall–Kier alpha value is -3.68. The third-order valence-electron chi connectivity index (χ3n) is 9.00. The van der Waals surface area contributed by atoms with Crippen molar-refractivity contribution < 1.29 is 9.47 Å². The second kappa shape index (κ2) is 15.9. The number of pyridine rings is 2. The fraction of sp³-hybridized carbons (Fsp3) is 0.333. The Bertz CT molecular complexity index is 2160. The molecule has 15 heteroatoms. The van der Waals surface area contributed by atoms with Crippen molar-refractivity contribution in [3.05, 3.63) is 92.1 Å². The van der Waals surface area contributed by atoms with E-state index in [-0.39, 0.29) is 0 Å². The number of nitrogens with one attached hydrogen (secondary N) is 1. The van der Waals surface area contributed by atoms with Gasteiger partial charge in [0.05, 0.1) is 26.4 Å². The van der Waals surface area contributed by atoms with Crippen LogP contribution in [-0.4, -0.2) is 88.9 Å². The molecule has 0 spiro atoms. The summed E-state index contributed by atoms with van der Waals surface area (Å²) in [6.07, 6.45) is 5.01. The minimum Gasteiger partial charge on any atom is -0.378 e. The van der Waals surface area contributed by atoms with Crippen LogP contribution < -0.4 is 15.1 Å². The summed E-state index contributed by atoms with van der Waals surface area (Å²) >= 11 is 25.1. The first kappa shape index (κ1) is 35.7. The molecule has 2 aliphatic rings. The van der Waals surface area contributed by atoms with Gasteiger partial charge in [0, 0.05) is 87.5 Å². The number of aryl methyl sites for hydroxylation is 1. The van der Waals surface area contributed by atoms with E-state index in [1.165, 1.54) is 5.56 Å². The highest BCUT2D eigenvalue weighted by molar-refractivity contribution is 6.37. The van der Waals surface area contributed by atoms with Crippen LogP contribution in [0.4, 0.5) is 11.9 Å². The van der Waals surface area contributed by atoms with Gasteiger partial charge in [0.15, 0.2) is 11.3 Å². The molecule has 6 aromatic rings. The molecular formula is C36H37Cl4N9O2. The molecule has 266 valence electrons. The van der Waals surface area contributed by atoms with Gasteiger partial charge in [-0.1, -0.05) is 65.5 Å². The van der Waals surface area contributed by atoms with Crippen molar-refractivity contribution >= 4 is 69.6 Å². The molecule has 2 saturated heterocycles. The first-order valence-electron chi connectivity index (χ1n) is 16.8. The van der Waals surface area contributed by atoms with Crippen LogP contribution in [0.5, 0.6) is 0 Å². The van der Waals surface area contributed by atoms with Crippen LogP contribution in [0.15, 0.2) is 60.9 Å². The van der Waals surface area contributed by atoms with Crippen LogP contribution in [0.2, 0.25) is 20.1 Å². The molecule has 1 N–H and O–H groups in total. The normalized spacial score (nSPS) is 15.0. The standard InChI is InChI=1S/C18H19Cl2N5O.C18H18Cl2N4O/c1-21-10-12-8-17-22-23-18(24-4-6-26-7-5-24)25(17)11-15(12)14-3-2-13(19)9-16(14)20;1-2-12-9-17-21-22-18(23-5-7-25-8-6-23)24(17)11-15(12)14-4-3-13(19)10-16(14)20/h2-3,8-9,11,21H,4-7,10H2,1H3;3-4,9-11H,2,5-8H2,1H3. The lowest BCUT2D eigenvalue weighted by Crippen LogP contribution is -2.37. The number of hydrogen-bond acceptors (Lipinski definition) is 9. The molecule has 2 fully saturated rings. The monoisotopic (exact) mass is 767 g/mol. The van der Waals surface area contributed by atoms with Crippen molar-refractivity contribution in [1.29, 1.82) is 0 Å². The van der Waals surface area contributed by atoms with Crippen molar-refractivity contribution in [2.45, 2.75) is 19.9 Å². The highest BCUT2D eigenvalue weighted by Crippen LogP contribution is 2.35. The fourth-order valence-electron chi connectivity index (χ4n) is 6.41. The number of fused-ring (bicyclic) bond motifs is 2. The highest BCUT2D eigenvalue weighted by Gasteiger charge is 2.21. The predicted octanol–water partition coefficient (Wildman–Crippen LogP) is 7.36. The Balaban J connectivity index is 0.000000159. The van der Waals surface area contributed by atoms with Crippen LogP contribution in [0.3, 0.4) is 0 Å². The Morgan fingerprint density at radius 3 is 1.49 bits per heavy atom. The van der Waals surface area contributed by atoms with Crippen LogP contribution >= 0.6 is 46.4 Å². The van der Waals surface area contributed by atoms with E-state index in [4.69, 9.17) is 55.9 Å². The summed E-state index contributed by atoms with van der Waals surface area (Å²) in [6.45, 7) is 8.86. The molecule has 2 aromatic carbocycles. The molecule has 0 bridgehead atoms. The summed E-state index contributed by atoms with van der Waals surface area (Å²) in [5, 5.41) is 23.2. The number of rotatable bonds is 7. The number of benzene rings is 2. The quantitative estimate of drug-likeness (QED) is 0.179. The maximum absolute atomic E-state index is 6.48. The van der Waals surface area contributed by atoms with Gasteiger partial charge in [0.25, 0.3) is 0 Å². The van der Waals surface area contributed by atoms with Gasteiger partial charge in [-0.25, -0.2) is 0 Å². The van der Waals surface area contributed by atoms with Gasteiger partial charge in [-0.3, -0.25) is 8.80 Å². The third-order valence-corrected chi connectivity index (χ3v) is 10.1. The van der Waals surface area contributed by atoms with Gasteiger partial charge in [0.2, 0.25) is 11.9 Å². The van der Waals surface area contributed by atoms with Gasteiger partial charge in [0.1, 0.15) is 0 Å². The van der Waals surface area contributed by atoms with Crippen LogP contribution in [-0.2, 0) is 22.4 Å². The smallest absolute Gasteiger partial charge is 0.231 e. The van der Waals surface area contributed by atoms with E-state index in [9.17, 15) is 0 Å². The Kier molecular flexibility index (Phi) is 11.1. The third kappa shape index (κ3) is 7.61. The lowest BCUT2D eigenvalue weighted by Gasteiger charge is -2.26. The molecule has 0 aliphatic carbocycles. The summed E-state index contributed by atoms with van der Waals surface area (Å²) in [6, 6.07) is 15.3. The summed E-state index contributed by atoms with van der Waals surface area (Å²) in [7, 11) is 1.92. The van der Waals surface area contributed by atoms with Crippen molar-refractivity contribution in [3.63, 3.8) is 0 Å². The highest BCUT2D eigenvalue weighted by atomic mass is 35.5. The molecule has 0 amide bonds. The molecule has 11 nitrogen and oxygen atoms in total. The Morgan fingerprint density at radius 2 is 1.06 bits per heavy atom. The lowest BCUT2D eigenvalue weighted by molar-refractivity contribution is 0.122. The molecule has 2 aliphatic heterocycles. The van der Waals surface area contributed by atoms with Crippen molar-refractivity contribution in [1.82, 2.24) is 34.5 Å². The molecule has 4 aromatic heterocycles. The van der Waals surface area contributed by atoms with Gasteiger partial charge in [-0.2, -0.15) is 0 Å². The predicted molar refractivity (Wildman–Crippen MR) is 205 cm³/mol. The zero-order valence-corrected chi connectivity index (χ0v) is 31.3. The zero-order valence-electron chi connectivity index (χ0n) is 28.3. The molecule has 0 saturated carbocycles. The number of nitrogens with zero attached hydrogens (tertiary/aromatic N) is 8. The van der Waals surface area contributed by atoms with Gasteiger partial charge in [-0.05, 0) is 61.0 Å². The van der Waals surface area contributed by atoms with Crippen molar-refractivity contribution in [2.75, 3.05) is 69.5 Å². The SMILES string of the molecule is CCc1cc2nnc(N3CCOCC3)n2cc1-c1ccc(Cl)cc1Cl.CNCc1cc2nnc(N3CCOCC3)n2cc1-c1ccc(Cl)cc1Cl. The second-order valence-electron chi connectivity index (χ2n) is 12.2. The van der Waals surface area contributed by atoms with Gasteiger partial charge >= 0.3 is 0 Å². The Labute approximate surface area is 316 Å². The number of ether oxygens (including phenoxy) is 2. The van der Waals surface area contributed by atoms with Crippen LogP contribution in [0.25, 0.3) is 33.5 Å². The summed E-state index contributed by atoms with van der Waals surface area (Å²) in [4.78, 5) is 4.39. The molecule has 51 heavy (non-hydrogen) atoms. The first-order chi connectivity index (χ1) is 24.8. The second-order valence-corrected chi connectivity index (χ2v) is 13.9. The number of anilines is 2. The van der Waals surface area contributed by atoms with E-state index < -0.39 is 0 Å². The molecule has 6 heterocycles. The molecule has 0 atom stereocenters. The number of hydrogen-bond donors (Lipinski definition) is 1. The summed E-state index contributed by atoms with van der Waals surface area (Å²) in [5.41, 5.74) is 7.94. The maximum Gasteiger partial charge on any atom is 0.231 e. The minimum absolute atomic E-state index is 0.619. The molecular weight excluding hydrogens is 732 g/mol. The zero-order chi connectivity index (χ0) is 35.5. The number of aromatic nitrogens is 6. The van der Waals surface area contributed by atoms with E-state index in [1.54, 1.807) is 12.1 Å². The van der Waals surface area contributed by atoms with Gasteiger partial charge in [-0.15, -0.1) is 20.4 Å². The lowest BCUT2D eigenvalue weighted by atomic mass is 10.0. The summed E-state index contributed by atoms with van der Waals surface area (Å²) in [5.74, 6) is 1.66. The first-order valence-corrected chi connectivity index (χ1v) is 18.3. The maximum atomic E-state index is 6.48. The van der Waals surface area contributed by atoms with Crippen LogP contribution in [0.1, 0.15) is 18.1 Å². The van der Waals surface area contributed by atoms with Crippen molar-refractivity contribution in [3.8, 4) is 22.3 Å².